The van der Waals surface area contributed by atoms with Crippen molar-refractivity contribution in [3.63, 3.8) is 0 Å². The van der Waals surface area contributed by atoms with E-state index in [9.17, 15) is 20.4 Å². The van der Waals surface area contributed by atoms with Crippen LogP contribution in [0, 0.1) is 0 Å². The average molecular weight is 463 g/mol. The summed E-state index contributed by atoms with van der Waals surface area (Å²) in [5, 5.41) is 40.7. The maximum atomic E-state index is 10.5. The van der Waals surface area contributed by atoms with Gasteiger partial charge in [0.15, 0.2) is 0 Å². The molecule has 3 heterocycles. The Bertz CT molecular complexity index is 988. The monoisotopic (exact) mass is 462 g/mol. The number of hydrogen-bond acceptors (Lipinski definition) is 7. The number of fused-ring (bicyclic) bond motifs is 1. The summed E-state index contributed by atoms with van der Waals surface area (Å²) in [5.41, 5.74) is 3.47. The Morgan fingerprint density at radius 1 is 1.03 bits per heavy atom. The predicted molar refractivity (Wildman–Crippen MR) is 116 cm³/mol. The normalized spacial score (nSPS) is 34.0. The van der Waals surface area contributed by atoms with Crippen molar-refractivity contribution in [3.8, 4) is 5.75 Å². The molecule has 4 N–H and O–H groups in total. The van der Waals surface area contributed by atoms with Gasteiger partial charge in [-0.2, -0.15) is 0 Å². The van der Waals surface area contributed by atoms with Crippen LogP contribution in [0.2, 0.25) is 5.02 Å². The van der Waals surface area contributed by atoms with E-state index in [4.69, 9.17) is 25.8 Å². The lowest BCUT2D eigenvalue weighted by Gasteiger charge is -2.40. The predicted octanol–water partition coefficient (Wildman–Crippen LogP) is 1.54. The number of halogens is 1. The molecule has 0 radical (unpaired) electrons. The van der Waals surface area contributed by atoms with Gasteiger partial charge in [-0.25, -0.2) is 0 Å². The Labute approximate surface area is 191 Å². The number of ether oxygens (including phenoxy) is 3. The van der Waals surface area contributed by atoms with Crippen molar-refractivity contribution in [2.75, 3.05) is 19.8 Å². The van der Waals surface area contributed by atoms with Crippen molar-refractivity contribution < 1.29 is 34.6 Å². The minimum atomic E-state index is -1.42. The Hall–Kier alpha value is -1.71. The minimum Gasteiger partial charge on any atom is -0.484 e. The quantitative estimate of drug-likeness (QED) is 0.545. The number of hydrogen-bond donors (Lipinski definition) is 4. The summed E-state index contributed by atoms with van der Waals surface area (Å²) in [6.45, 7) is 0.872. The third kappa shape index (κ3) is 3.92. The SMILES string of the molecule is OC[C@H]1OC(c2ccc(Cl)c(Cc3ccc4c(c3)CC3(CCOC3)O4)c2)[C@H](O)[C@@H](O)[C@@H]1O. The van der Waals surface area contributed by atoms with Crippen LogP contribution in [0.5, 0.6) is 5.75 Å². The lowest BCUT2D eigenvalue weighted by molar-refractivity contribution is -0.231. The van der Waals surface area contributed by atoms with E-state index >= 15 is 0 Å². The molecule has 0 aromatic heterocycles. The van der Waals surface area contributed by atoms with E-state index < -0.39 is 37.1 Å². The Kier molecular flexibility index (Phi) is 5.92. The van der Waals surface area contributed by atoms with Crippen LogP contribution in [0.25, 0.3) is 0 Å². The molecule has 0 aliphatic carbocycles. The van der Waals surface area contributed by atoms with Crippen LogP contribution in [0.4, 0.5) is 0 Å². The van der Waals surface area contributed by atoms with Gasteiger partial charge in [0.1, 0.15) is 41.9 Å². The number of rotatable bonds is 4. The highest BCUT2D eigenvalue weighted by molar-refractivity contribution is 6.31. The first-order valence-corrected chi connectivity index (χ1v) is 11.2. The van der Waals surface area contributed by atoms with Crippen molar-refractivity contribution in [1.29, 1.82) is 0 Å². The van der Waals surface area contributed by atoms with Gasteiger partial charge in [-0.1, -0.05) is 35.9 Å². The summed E-state index contributed by atoms with van der Waals surface area (Å²) in [5.74, 6) is 0.903. The molecular weight excluding hydrogens is 436 g/mol. The fraction of sp³-hybridized carbons (Fsp3) is 0.500. The highest BCUT2D eigenvalue weighted by Crippen LogP contribution is 2.40. The maximum absolute atomic E-state index is 10.5. The molecule has 172 valence electrons. The number of benzene rings is 2. The van der Waals surface area contributed by atoms with Crippen LogP contribution in [-0.4, -0.2) is 70.3 Å². The second kappa shape index (κ2) is 8.57. The molecular formula is C24H27ClO7. The second-order valence-corrected chi connectivity index (χ2v) is 9.39. The molecule has 1 spiro atoms. The number of aliphatic hydroxyl groups excluding tert-OH is 4. The lowest BCUT2D eigenvalue weighted by Crippen LogP contribution is -2.55. The Balaban J connectivity index is 1.37. The van der Waals surface area contributed by atoms with Gasteiger partial charge in [-0.05, 0) is 40.8 Å². The molecule has 8 heteroatoms. The standard InChI is InChI=1S/C24H27ClO7/c25-17-3-2-14(23-22(29)21(28)20(27)19(11-26)31-23)9-15(17)7-13-1-4-18-16(8-13)10-24(32-18)5-6-30-12-24/h1-4,8-9,19-23,26-29H,5-7,10-12H2/t19-,20-,21+,22-,23?,24?/m1/s1. The molecule has 3 aliphatic heterocycles. The Morgan fingerprint density at radius 3 is 2.62 bits per heavy atom. The highest BCUT2D eigenvalue weighted by Gasteiger charge is 2.44. The molecule has 3 aliphatic rings. The molecule has 0 amide bonds. The molecule has 6 atom stereocenters. The topological polar surface area (TPSA) is 109 Å². The maximum Gasteiger partial charge on any atom is 0.139 e. The lowest BCUT2D eigenvalue weighted by atomic mass is 9.90. The van der Waals surface area contributed by atoms with Gasteiger partial charge in [0.05, 0.1) is 19.8 Å². The van der Waals surface area contributed by atoms with Gasteiger partial charge >= 0.3 is 0 Å². The van der Waals surface area contributed by atoms with E-state index in [1.807, 2.05) is 18.2 Å². The minimum absolute atomic E-state index is 0.234. The summed E-state index contributed by atoms with van der Waals surface area (Å²) in [6.07, 6.45) is -3.70. The van der Waals surface area contributed by atoms with Crippen LogP contribution >= 0.6 is 11.6 Å². The first kappa shape index (κ1) is 22.1. The van der Waals surface area contributed by atoms with Crippen molar-refractivity contribution in [3.05, 3.63) is 63.7 Å². The van der Waals surface area contributed by atoms with Crippen LogP contribution in [0.15, 0.2) is 36.4 Å². The molecule has 2 aromatic rings. The smallest absolute Gasteiger partial charge is 0.139 e. The van der Waals surface area contributed by atoms with Gasteiger partial charge in [0, 0.05) is 17.9 Å². The summed E-state index contributed by atoms with van der Waals surface area (Å²) in [6, 6.07) is 11.4. The third-order valence-corrected chi connectivity index (χ3v) is 7.08. The molecule has 7 nitrogen and oxygen atoms in total. The second-order valence-electron chi connectivity index (χ2n) is 8.98. The summed E-state index contributed by atoms with van der Waals surface area (Å²) >= 11 is 6.47. The molecule has 2 aromatic carbocycles. The van der Waals surface area contributed by atoms with E-state index in [0.29, 0.717) is 23.6 Å². The van der Waals surface area contributed by atoms with Crippen molar-refractivity contribution in [2.24, 2.45) is 0 Å². The van der Waals surface area contributed by atoms with Gasteiger partial charge in [-0.15, -0.1) is 0 Å². The molecule has 5 rings (SSSR count). The van der Waals surface area contributed by atoms with Gasteiger partial charge < -0.3 is 34.6 Å². The van der Waals surface area contributed by atoms with Crippen LogP contribution in [-0.2, 0) is 22.3 Å². The van der Waals surface area contributed by atoms with E-state index in [0.717, 1.165) is 41.9 Å². The zero-order chi connectivity index (χ0) is 22.5. The van der Waals surface area contributed by atoms with Gasteiger partial charge in [0.25, 0.3) is 0 Å². The summed E-state index contributed by atoms with van der Waals surface area (Å²) in [7, 11) is 0. The zero-order valence-corrected chi connectivity index (χ0v) is 18.2. The van der Waals surface area contributed by atoms with E-state index in [2.05, 4.69) is 6.07 Å². The molecule has 2 unspecified atom stereocenters. The van der Waals surface area contributed by atoms with Gasteiger partial charge in [-0.3, -0.25) is 0 Å². The van der Waals surface area contributed by atoms with E-state index in [-0.39, 0.29) is 5.60 Å². The first-order chi connectivity index (χ1) is 15.4. The summed E-state index contributed by atoms with van der Waals surface area (Å²) in [4.78, 5) is 0. The van der Waals surface area contributed by atoms with Crippen LogP contribution in [0.1, 0.15) is 34.8 Å². The van der Waals surface area contributed by atoms with Crippen molar-refractivity contribution in [1.82, 2.24) is 0 Å². The molecule has 2 saturated heterocycles. The average Bonchev–Trinajstić information content (AvgIpc) is 3.39. The summed E-state index contributed by atoms with van der Waals surface area (Å²) < 4.78 is 17.4. The van der Waals surface area contributed by atoms with Crippen LogP contribution in [0.3, 0.4) is 0 Å². The fourth-order valence-corrected chi connectivity index (χ4v) is 5.09. The van der Waals surface area contributed by atoms with Crippen LogP contribution < -0.4 is 4.74 Å². The Morgan fingerprint density at radius 2 is 1.88 bits per heavy atom. The zero-order valence-electron chi connectivity index (χ0n) is 17.5. The van der Waals surface area contributed by atoms with Crippen molar-refractivity contribution >= 4 is 11.6 Å². The molecule has 32 heavy (non-hydrogen) atoms. The van der Waals surface area contributed by atoms with E-state index in [1.165, 1.54) is 0 Å². The fourth-order valence-electron chi connectivity index (χ4n) is 4.91. The first-order valence-electron chi connectivity index (χ1n) is 10.9. The largest absolute Gasteiger partial charge is 0.484 e. The molecule has 0 saturated carbocycles. The third-order valence-electron chi connectivity index (χ3n) is 6.72. The van der Waals surface area contributed by atoms with Crippen molar-refractivity contribution in [2.45, 2.75) is 55.4 Å². The highest BCUT2D eigenvalue weighted by atomic mass is 35.5. The number of aliphatic hydroxyl groups is 4. The molecule has 2 fully saturated rings. The molecule has 0 bridgehead atoms. The van der Waals surface area contributed by atoms with Gasteiger partial charge in [0.2, 0.25) is 0 Å². The van der Waals surface area contributed by atoms with E-state index in [1.54, 1.807) is 12.1 Å².